The molecule has 1 saturated carbocycles. The summed E-state index contributed by atoms with van der Waals surface area (Å²) in [5.74, 6) is 1.30. The molecule has 20 heavy (non-hydrogen) atoms. The van der Waals surface area contributed by atoms with Gasteiger partial charge in [0.05, 0.1) is 0 Å². The van der Waals surface area contributed by atoms with E-state index in [1.54, 1.807) is 4.90 Å². The number of carbonyl (C=O) groups excluding carboxylic acids is 1. The maximum absolute atomic E-state index is 12.4. The minimum Gasteiger partial charge on any atom is -0.480 e. The number of nitrogens with one attached hydrogen (secondary N) is 1. The third-order valence-electron chi connectivity index (χ3n) is 4.38. The predicted octanol–water partition coefficient (Wildman–Crippen LogP) is 2.17. The summed E-state index contributed by atoms with van der Waals surface area (Å²) < 4.78 is 0. The second kappa shape index (κ2) is 6.24. The number of carbonyl (C=O) groups is 2. The Morgan fingerprint density at radius 1 is 1.40 bits per heavy atom. The van der Waals surface area contributed by atoms with Crippen LogP contribution in [0.25, 0.3) is 0 Å². The topological polar surface area (TPSA) is 69.6 Å². The van der Waals surface area contributed by atoms with Gasteiger partial charge in [0.15, 0.2) is 0 Å². The normalized spacial score (nSPS) is 34.6. The predicted molar refractivity (Wildman–Crippen MR) is 80.0 cm³/mol. The van der Waals surface area contributed by atoms with Crippen molar-refractivity contribution in [3.05, 3.63) is 0 Å². The molecule has 2 rings (SSSR count). The summed E-state index contributed by atoms with van der Waals surface area (Å²) in [6.07, 6.45) is 2.97. The van der Waals surface area contributed by atoms with Crippen LogP contribution in [0.2, 0.25) is 0 Å². The Morgan fingerprint density at radius 3 is 2.75 bits per heavy atom. The molecule has 1 aliphatic carbocycles. The fourth-order valence-corrected chi connectivity index (χ4v) is 4.23. The molecule has 114 valence electrons. The Kier molecular flexibility index (Phi) is 4.83. The summed E-state index contributed by atoms with van der Waals surface area (Å²) >= 11 is 1.84. The van der Waals surface area contributed by atoms with Crippen molar-refractivity contribution in [2.75, 3.05) is 18.1 Å². The average molecular weight is 300 g/mol. The lowest BCUT2D eigenvalue weighted by molar-refractivity contribution is -0.146. The Balaban J connectivity index is 2.07. The summed E-state index contributed by atoms with van der Waals surface area (Å²) in [6.45, 7) is 4.77. The molecule has 3 unspecified atom stereocenters. The van der Waals surface area contributed by atoms with E-state index in [1.165, 1.54) is 0 Å². The van der Waals surface area contributed by atoms with Crippen molar-refractivity contribution in [1.29, 1.82) is 0 Å². The molecule has 0 aromatic carbocycles. The SMILES string of the molecule is CC1CCCC(NC(=O)N2CCSCC2C)(C(=O)O)C1. The van der Waals surface area contributed by atoms with Crippen molar-refractivity contribution >= 4 is 23.8 Å². The van der Waals surface area contributed by atoms with Crippen molar-refractivity contribution in [3.63, 3.8) is 0 Å². The van der Waals surface area contributed by atoms with Crippen LogP contribution in [0, 0.1) is 5.92 Å². The number of thioether (sulfide) groups is 1. The van der Waals surface area contributed by atoms with Gasteiger partial charge in [0.2, 0.25) is 0 Å². The highest BCUT2D eigenvalue weighted by Crippen LogP contribution is 2.33. The Morgan fingerprint density at radius 2 is 2.15 bits per heavy atom. The summed E-state index contributed by atoms with van der Waals surface area (Å²) in [5, 5.41) is 12.4. The van der Waals surface area contributed by atoms with Crippen molar-refractivity contribution in [2.24, 2.45) is 5.92 Å². The van der Waals surface area contributed by atoms with Crippen molar-refractivity contribution < 1.29 is 14.7 Å². The lowest BCUT2D eigenvalue weighted by atomic mass is 9.76. The van der Waals surface area contributed by atoms with Crippen LogP contribution in [0.3, 0.4) is 0 Å². The van der Waals surface area contributed by atoms with E-state index < -0.39 is 11.5 Å². The molecule has 0 aromatic heterocycles. The van der Waals surface area contributed by atoms with Gasteiger partial charge in [-0.3, -0.25) is 0 Å². The number of rotatable bonds is 2. The molecule has 0 radical (unpaired) electrons. The zero-order valence-corrected chi connectivity index (χ0v) is 13.0. The standard InChI is InChI=1S/C14H24N2O3S/c1-10-4-3-5-14(8-10,12(17)18)15-13(19)16-6-7-20-9-11(16)2/h10-11H,3-9H2,1-2H3,(H,15,19)(H,17,18). The first-order valence-electron chi connectivity index (χ1n) is 7.34. The fourth-order valence-electron chi connectivity index (χ4n) is 3.22. The highest BCUT2D eigenvalue weighted by molar-refractivity contribution is 7.99. The number of nitrogens with zero attached hydrogens (tertiary/aromatic N) is 1. The number of hydrogen-bond acceptors (Lipinski definition) is 3. The lowest BCUT2D eigenvalue weighted by Crippen LogP contribution is -2.61. The first kappa shape index (κ1) is 15.5. The van der Waals surface area contributed by atoms with Crippen LogP contribution >= 0.6 is 11.8 Å². The van der Waals surface area contributed by atoms with E-state index in [9.17, 15) is 14.7 Å². The Bertz CT molecular complexity index is 391. The molecule has 0 aromatic rings. The van der Waals surface area contributed by atoms with E-state index in [4.69, 9.17) is 0 Å². The summed E-state index contributed by atoms with van der Waals surface area (Å²) in [5.41, 5.74) is -1.07. The van der Waals surface area contributed by atoms with Gasteiger partial charge < -0.3 is 15.3 Å². The Labute approximate surface area is 124 Å². The van der Waals surface area contributed by atoms with Gasteiger partial charge in [0, 0.05) is 24.1 Å². The summed E-state index contributed by atoms with van der Waals surface area (Å²) in [6, 6.07) is -0.0464. The molecule has 1 saturated heterocycles. The molecule has 2 aliphatic rings. The van der Waals surface area contributed by atoms with Gasteiger partial charge >= 0.3 is 12.0 Å². The average Bonchev–Trinajstić information content (AvgIpc) is 2.38. The molecule has 0 spiro atoms. The number of carboxylic acids is 1. The van der Waals surface area contributed by atoms with Gasteiger partial charge in [-0.1, -0.05) is 19.8 Å². The van der Waals surface area contributed by atoms with Gasteiger partial charge in [-0.15, -0.1) is 0 Å². The molecule has 2 amide bonds. The highest BCUT2D eigenvalue weighted by atomic mass is 32.2. The van der Waals surface area contributed by atoms with Crippen LogP contribution in [-0.2, 0) is 4.79 Å². The van der Waals surface area contributed by atoms with Gasteiger partial charge in [0.1, 0.15) is 5.54 Å². The molecule has 0 bridgehead atoms. The quantitative estimate of drug-likeness (QED) is 0.820. The van der Waals surface area contributed by atoms with E-state index in [0.717, 1.165) is 24.3 Å². The number of amides is 2. The van der Waals surface area contributed by atoms with Gasteiger partial charge in [0.25, 0.3) is 0 Å². The number of carboxylic acid groups (broad SMARTS) is 1. The van der Waals surface area contributed by atoms with E-state index >= 15 is 0 Å². The molecule has 5 nitrogen and oxygen atoms in total. The molecule has 2 fully saturated rings. The summed E-state index contributed by atoms with van der Waals surface area (Å²) in [7, 11) is 0. The van der Waals surface area contributed by atoms with Crippen molar-refractivity contribution in [3.8, 4) is 0 Å². The van der Waals surface area contributed by atoms with Crippen LogP contribution in [-0.4, -0.2) is 51.6 Å². The van der Waals surface area contributed by atoms with Crippen molar-refractivity contribution in [1.82, 2.24) is 10.2 Å². The zero-order valence-electron chi connectivity index (χ0n) is 12.2. The molecule has 1 aliphatic heterocycles. The molecule has 1 heterocycles. The first-order valence-corrected chi connectivity index (χ1v) is 8.50. The maximum atomic E-state index is 12.4. The monoisotopic (exact) mass is 300 g/mol. The molecule has 3 atom stereocenters. The fraction of sp³-hybridized carbons (Fsp3) is 0.857. The smallest absolute Gasteiger partial charge is 0.329 e. The zero-order chi connectivity index (χ0) is 14.8. The largest absolute Gasteiger partial charge is 0.480 e. The number of aliphatic carboxylic acids is 1. The Hall–Kier alpha value is -0.910. The van der Waals surface area contributed by atoms with Crippen LogP contribution in [0.15, 0.2) is 0 Å². The maximum Gasteiger partial charge on any atom is 0.329 e. The molecule has 6 heteroatoms. The van der Waals surface area contributed by atoms with Crippen molar-refractivity contribution in [2.45, 2.75) is 51.1 Å². The first-order chi connectivity index (χ1) is 9.44. The van der Waals surface area contributed by atoms with Gasteiger partial charge in [-0.25, -0.2) is 9.59 Å². The molecular weight excluding hydrogens is 276 g/mol. The molecule has 2 N–H and O–H groups in total. The third kappa shape index (κ3) is 3.22. The van der Waals surface area contributed by atoms with E-state index in [1.807, 2.05) is 18.7 Å². The summed E-state index contributed by atoms with van der Waals surface area (Å²) in [4.78, 5) is 25.9. The second-order valence-electron chi connectivity index (χ2n) is 6.14. The lowest BCUT2D eigenvalue weighted by Gasteiger charge is -2.40. The van der Waals surface area contributed by atoms with E-state index in [0.29, 0.717) is 25.3 Å². The molecular formula is C14H24N2O3S. The number of urea groups is 1. The minimum atomic E-state index is -1.07. The van der Waals surface area contributed by atoms with Crippen LogP contribution < -0.4 is 5.32 Å². The van der Waals surface area contributed by atoms with E-state index in [-0.39, 0.29) is 12.1 Å². The second-order valence-corrected chi connectivity index (χ2v) is 7.29. The van der Waals surface area contributed by atoms with Gasteiger partial charge in [-0.05, 0) is 25.7 Å². The highest BCUT2D eigenvalue weighted by Gasteiger charge is 2.44. The third-order valence-corrected chi connectivity index (χ3v) is 5.57. The van der Waals surface area contributed by atoms with Crippen LogP contribution in [0.5, 0.6) is 0 Å². The van der Waals surface area contributed by atoms with Gasteiger partial charge in [-0.2, -0.15) is 11.8 Å². The van der Waals surface area contributed by atoms with Crippen LogP contribution in [0.1, 0.15) is 39.5 Å². The van der Waals surface area contributed by atoms with E-state index in [2.05, 4.69) is 12.2 Å². The minimum absolute atomic E-state index is 0.167. The van der Waals surface area contributed by atoms with Crippen LogP contribution in [0.4, 0.5) is 4.79 Å². The number of hydrogen-bond donors (Lipinski definition) is 2.